The minimum Gasteiger partial charge on any atom is -0.483 e. The molecular formula is C23H18Cl3N3O3. The molecule has 0 aliphatic heterocycles. The Morgan fingerprint density at radius 3 is 2.62 bits per heavy atom. The highest BCUT2D eigenvalue weighted by atomic mass is 35.5. The number of benzene rings is 2. The minimum absolute atomic E-state index is 0.0444. The lowest BCUT2D eigenvalue weighted by Gasteiger charge is -2.09. The first-order valence-electron chi connectivity index (χ1n) is 9.63. The molecule has 2 aromatic heterocycles. The summed E-state index contributed by atoms with van der Waals surface area (Å²) in [6.07, 6.45) is 3.36. The molecule has 4 rings (SSSR count). The molecule has 1 amide bonds. The molecule has 1 N–H and O–H groups in total. The van der Waals surface area contributed by atoms with Crippen LogP contribution in [0, 0.1) is 6.92 Å². The van der Waals surface area contributed by atoms with E-state index >= 15 is 0 Å². The normalized spacial score (nSPS) is 10.9. The number of nitrogens with zero attached hydrogens (tertiary/aromatic N) is 2. The molecule has 0 saturated carbocycles. The van der Waals surface area contributed by atoms with E-state index in [4.69, 9.17) is 44.0 Å². The molecular weight excluding hydrogens is 473 g/mol. The third-order valence-corrected chi connectivity index (χ3v) is 5.47. The Balaban J connectivity index is 1.36. The second-order valence-corrected chi connectivity index (χ2v) is 8.31. The summed E-state index contributed by atoms with van der Waals surface area (Å²) in [5, 5.41) is 8.07. The molecule has 0 aliphatic carbocycles. The summed E-state index contributed by atoms with van der Waals surface area (Å²) in [5.74, 6) is 0.478. The van der Waals surface area contributed by atoms with Crippen molar-refractivity contribution in [2.45, 2.75) is 20.1 Å². The monoisotopic (exact) mass is 489 g/mol. The zero-order valence-corrected chi connectivity index (χ0v) is 19.2. The fourth-order valence-corrected chi connectivity index (χ4v) is 3.98. The summed E-state index contributed by atoms with van der Waals surface area (Å²) in [7, 11) is 0. The van der Waals surface area contributed by atoms with Crippen molar-refractivity contribution in [1.82, 2.24) is 9.78 Å². The third kappa shape index (κ3) is 5.27. The SMILES string of the molecule is Cc1ccccc1Cn1cc(NC(=O)c2ccc(COc3c(Cl)cc(Cl)cc3Cl)o2)cn1. The van der Waals surface area contributed by atoms with E-state index < -0.39 is 5.91 Å². The molecule has 0 fully saturated rings. The Morgan fingerprint density at radius 2 is 1.88 bits per heavy atom. The van der Waals surface area contributed by atoms with E-state index in [1.165, 1.54) is 17.7 Å². The number of halogens is 3. The number of hydrogen-bond acceptors (Lipinski definition) is 4. The summed E-state index contributed by atoms with van der Waals surface area (Å²) >= 11 is 18.1. The van der Waals surface area contributed by atoms with Gasteiger partial charge in [-0.2, -0.15) is 5.10 Å². The molecule has 0 atom stereocenters. The maximum atomic E-state index is 12.5. The van der Waals surface area contributed by atoms with Crippen LogP contribution in [0.15, 0.2) is 65.3 Å². The molecule has 4 aromatic rings. The van der Waals surface area contributed by atoms with Crippen LogP contribution in [0.2, 0.25) is 15.1 Å². The average molecular weight is 491 g/mol. The van der Waals surface area contributed by atoms with Crippen molar-refractivity contribution >= 4 is 46.4 Å². The van der Waals surface area contributed by atoms with Crippen molar-refractivity contribution in [3.63, 3.8) is 0 Å². The van der Waals surface area contributed by atoms with Gasteiger partial charge in [0.15, 0.2) is 11.5 Å². The first kappa shape index (κ1) is 22.3. The molecule has 0 unspecified atom stereocenters. The predicted molar refractivity (Wildman–Crippen MR) is 125 cm³/mol. The zero-order valence-electron chi connectivity index (χ0n) is 16.9. The molecule has 6 nitrogen and oxygen atoms in total. The van der Waals surface area contributed by atoms with Crippen LogP contribution in [0.4, 0.5) is 5.69 Å². The lowest BCUT2D eigenvalue weighted by atomic mass is 10.1. The van der Waals surface area contributed by atoms with Crippen LogP contribution < -0.4 is 10.1 Å². The van der Waals surface area contributed by atoms with Crippen molar-refractivity contribution in [3.05, 3.63) is 98.6 Å². The van der Waals surface area contributed by atoms with Crippen LogP contribution >= 0.6 is 34.8 Å². The maximum Gasteiger partial charge on any atom is 0.291 e. The Labute approximate surface area is 199 Å². The number of aryl methyl sites for hydroxylation is 1. The van der Waals surface area contributed by atoms with Gasteiger partial charge in [0.2, 0.25) is 0 Å². The van der Waals surface area contributed by atoms with Crippen LogP contribution in [0.5, 0.6) is 5.75 Å². The molecule has 0 aliphatic rings. The van der Waals surface area contributed by atoms with Gasteiger partial charge in [0.05, 0.1) is 28.5 Å². The largest absolute Gasteiger partial charge is 0.483 e. The quantitative estimate of drug-likeness (QED) is 0.316. The summed E-state index contributed by atoms with van der Waals surface area (Å²) in [5.41, 5.74) is 2.91. The Hall–Kier alpha value is -2.93. The number of hydrogen-bond donors (Lipinski definition) is 1. The lowest BCUT2D eigenvalue weighted by Crippen LogP contribution is -2.10. The number of carbonyl (C=O) groups excluding carboxylic acids is 1. The highest BCUT2D eigenvalue weighted by molar-refractivity contribution is 6.40. The Bertz CT molecular complexity index is 1240. The van der Waals surface area contributed by atoms with Crippen LogP contribution in [0.1, 0.15) is 27.4 Å². The molecule has 2 heterocycles. The number of anilines is 1. The van der Waals surface area contributed by atoms with Gasteiger partial charge in [0.25, 0.3) is 5.91 Å². The van der Waals surface area contributed by atoms with Crippen molar-refractivity contribution in [1.29, 1.82) is 0 Å². The van der Waals surface area contributed by atoms with Crippen LogP contribution in [0.25, 0.3) is 0 Å². The topological polar surface area (TPSA) is 69.3 Å². The third-order valence-electron chi connectivity index (χ3n) is 4.69. The zero-order chi connectivity index (χ0) is 22.7. The van der Waals surface area contributed by atoms with Gasteiger partial charge >= 0.3 is 0 Å². The van der Waals surface area contributed by atoms with Gasteiger partial charge in [-0.25, -0.2) is 0 Å². The molecule has 164 valence electrons. The van der Waals surface area contributed by atoms with Gasteiger partial charge in [-0.1, -0.05) is 59.1 Å². The van der Waals surface area contributed by atoms with Crippen molar-refractivity contribution in [2.24, 2.45) is 0 Å². The first-order chi connectivity index (χ1) is 15.4. The lowest BCUT2D eigenvalue weighted by molar-refractivity contribution is 0.0992. The first-order valence-corrected chi connectivity index (χ1v) is 10.8. The number of nitrogens with one attached hydrogen (secondary N) is 1. The van der Waals surface area contributed by atoms with Crippen LogP contribution in [0.3, 0.4) is 0 Å². The number of rotatable bonds is 7. The highest BCUT2D eigenvalue weighted by Gasteiger charge is 2.15. The van der Waals surface area contributed by atoms with Crippen LogP contribution in [-0.2, 0) is 13.2 Å². The van der Waals surface area contributed by atoms with E-state index in [9.17, 15) is 4.79 Å². The predicted octanol–water partition coefficient (Wildman–Crippen LogP) is 6.62. The van der Waals surface area contributed by atoms with E-state index in [0.29, 0.717) is 28.8 Å². The van der Waals surface area contributed by atoms with E-state index in [-0.39, 0.29) is 22.4 Å². The Morgan fingerprint density at radius 1 is 1.12 bits per heavy atom. The number of ether oxygens (including phenoxy) is 1. The molecule has 2 aromatic carbocycles. The molecule has 0 saturated heterocycles. The highest BCUT2D eigenvalue weighted by Crippen LogP contribution is 2.36. The van der Waals surface area contributed by atoms with E-state index in [0.717, 1.165) is 5.56 Å². The average Bonchev–Trinajstić information content (AvgIpc) is 3.38. The minimum atomic E-state index is -0.394. The molecule has 9 heteroatoms. The van der Waals surface area contributed by atoms with Gasteiger partial charge in [-0.15, -0.1) is 0 Å². The van der Waals surface area contributed by atoms with Gasteiger partial charge in [0.1, 0.15) is 12.4 Å². The van der Waals surface area contributed by atoms with E-state index in [2.05, 4.69) is 23.4 Å². The molecule has 0 bridgehead atoms. The molecule has 32 heavy (non-hydrogen) atoms. The molecule has 0 radical (unpaired) electrons. The van der Waals surface area contributed by atoms with Gasteiger partial charge in [-0.3, -0.25) is 9.48 Å². The summed E-state index contributed by atoms with van der Waals surface area (Å²) in [6.45, 7) is 2.71. The van der Waals surface area contributed by atoms with E-state index in [1.54, 1.807) is 29.2 Å². The van der Waals surface area contributed by atoms with Crippen LogP contribution in [-0.4, -0.2) is 15.7 Å². The number of furan rings is 1. The van der Waals surface area contributed by atoms with Gasteiger partial charge < -0.3 is 14.5 Å². The van der Waals surface area contributed by atoms with Crippen molar-refractivity contribution < 1.29 is 13.9 Å². The van der Waals surface area contributed by atoms with E-state index in [1.807, 2.05) is 18.2 Å². The fourth-order valence-electron chi connectivity index (χ4n) is 3.06. The summed E-state index contributed by atoms with van der Waals surface area (Å²) < 4.78 is 13.0. The van der Waals surface area contributed by atoms with Crippen molar-refractivity contribution in [3.8, 4) is 5.75 Å². The summed E-state index contributed by atoms with van der Waals surface area (Å²) in [4.78, 5) is 12.5. The standard InChI is InChI=1S/C23H18Cl3N3O3/c1-14-4-2-3-5-15(14)11-29-12-17(10-27-29)28-23(30)21-7-6-18(32-21)13-31-22-19(25)8-16(24)9-20(22)26/h2-10,12H,11,13H2,1H3,(H,28,30). The smallest absolute Gasteiger partial charge is 0.291 e. The Kier molecular flexibility index (Phi) is 6.74. The second-order valence-electron chi connectivity index (χ2n) is 7.06. The van der Waals surface area contributed by atoms with Gasteiger partial charge in [0, 0.05) is 11.2 Å². The molecule has 0 spiro atoms. The number of amides is 1. The van der Waals surface area contributed by atoms with Gasteiger partial charge in [-0.05, 0) is 42.3 Å². The maximum absolute atomic E-state index is 12.5. The van der Waals surface area contributed by atoms with Crippen molar-refractivity contribution in [2.75, 3.05) is 5.32 Å². The number of aromatic nitrogens is 2. The number of carbonyl (C=O) groups is 1. The summed E-state index contributed by atoms with van der Waals surface area (Å²) in [6, 6.07) is 14.4. The second kappa shape index (κ2) is 9.69. The fraction of sp³-hybridized carbons (Fsp3) is 0.130.